The molecule has 2 atom stereocenters. The molecule has 1 heterocycles. The molecule has 0 radical (unpaired) electrons. The number of ether oxygens (including phenoxy) is 2. The fraction of sp³-hybridized carbons (Fsp3) is 0.226. The van der Waals surface area contributed by atoms with Crippen LogP contribution in [0.5, 0.6) is 0 Å². The van der Waals surface area contributed by atoms with Gasteiger partial charge in [0.05, 0.1) is 12.2 Å². The lowest BCUT2D eigenvalue weighted by Gasteiger charge is -2.31. The molecule has 1 saturated heterocycles. The van der Waals surface area contributed by atoms with E-state index in [1.165, 1.54) is 21.2 Å². The van der Waals surface area contributed by atoms with Crippen molar-refractivity contribution >= 4 is 56.9 Å². The Kier molecular flexibility index (Phi) is 7.99. The summed E-state index contributed by atoms with van der Waals surface area (Å²) in [4.78, 5) is 0. The predicted molar refractivity (Wildman–Crippen MR) is 166 cm³/mol. The molecule has 1 aliphatic rings. The lowest BCUT2D eigenvalue weighted by molar-refractivity contribution is -0.142. The molecule has 0 saturated carbocycles. The van der Waals surface area contributed by atoms with Gasteiger partial charge in [0.25, 0.3) is 0 Å². The first-order valence-corrected chi connectivity index (χ1v) is 18.5. The van der Waals surface area contributed by atoms with Gasteiger partial charge in [0.1, 0.15) is 0 Å². The van der Waals surface area contributed by atoms with Crippen LogP contribution in [0, 0.1) is 0 Å². The fourth-order valence-electron chi connectivity index (χ4n) is 5.12. The molecule has 1 fully saturated rings. The standard InChI is InChI=1S/C31H32O2P2S2/c1-31(2)32-29(23-34(36,25-15-7-3-8-16-25)26-17-9-4-10-18-26)30(33-31)24-35(37,27-19-11-5-12-20-27)28-21-13-6-14-22-28/h3-22,29-30H,23-24H2,1-2H3/t29-,30-/m0/s1. The Morgan fingerprint density at radius 2 is 0.757 bits per heavy atom. The molecule has 2 nitrogen and oxygen atoms in total. The molecule has 6 heteroatoms. The van der Waals surface area contributed by atoms with Crippen molar-refractivity contribution in [3.05, 3.63) is 121 Å². The smallest absolute Gasteiger partial charge is 0.163 e. The summed E-state index contributed by atoms with van der Waals surface area (Å²) in [5, 5.41) is 4.81. The third-order valence-corrected chi connectivity index (χ3v) is 16.6. The van der Waals surface area contributed by atoms with E-state index in [-0.39, 0.29) is 12.2 Å². The molecule has 190 valence electrons. The van der Waals surface area contributed by atoms with Gasteiger partial charge in [-0.1, -0.05) is 145 Å². The second kappa shape index (κ2) is 11.1. The van der Waals surface area contributed by atoms with Gasteiger partial charge < -0.3 is 9.47 Å². The summed E-state index contributed by atoms with van der Waals surface area (Å²) in [6.07, 6.45) is 1.14. The van der Waals surface area contributed by atoms with Crippen LogP contribution in [0.25, 0.3) is 0 Å². The van der Waals surface area contributed by atoms with Crippen LogP contribution in [-0.4, -0.2) is 30.3 Å². The molecule has 1 aliphatic heterocycles. The maximum Gasteiger partial charge on any atom is 0.163 e. The van der Waals surface area contributed by atoms with Crippen molar-refractivity contribution in [3.63, 3.8) is 0 Å². The molecule has 0 spiro atoms. The van der Waals surface area contributed by atoms with Gasteiger partial charge in [-0.15, -0.1) is 0 Å². The van der Waals surface area contributed by atoms with Crippen LogP contribution >= 0.6 is 12.1 Å². The van der Waals surface area contributed by atoms with Gasteiger partial charge in [-0.25, -0.2) is 0 Å². The minimum atomic E-state index is -2.17. The number of rotatable bonds is 8. The Hall–Kier alpha value is -1.90. The van der Waals surface area contributed by atoms with Crippen LogP contribution in [0.3, 0.4) is 0 Å². The molecule has 0 amide bonds. The van der Waals surface area contributed by atoms with E-state index >= 15 is 0 Å². The maximum absolute atomic E-state index is 6.63. The average molecular weight is 563 g/mol. The third-order valence-electron chi connectivity index (χ3n) is 6.85. The van der Waals surface area contributed by atoms with Crippen molar-refractivity contribution in [2.75, 3.05) is 12.3 Å². The van der Waals surface area contributed by atoms with E-state index in [1.807, 2.05) is 38.1 Å². The van der Waals surface area contributed by atoms with Gasteiger partial charge in [0.2, 0.25) is 0 Å². The van der Waals surface area contributed by atoms with Crippen molar-refractivity contribution in [1.82, 2.24) is 0 Å². The van der Waals surface area contributed by atoms with Gasteiger partial charge in [0.15, 0.2) is 5.79 Å². The molecule has 0 bridgehead atoms. The first kappa shape index (κ1) is 26.7. The zero-order valence-electron chi connectivity index (χ0n) is 21.1. The normalized spacial score (nSPS) is 19.5. The molecule has 0 aliphatic carbocycles. The zero-order valence-corrected chi connectivity index (χ0v) is 24.6. The Morgan fingerprint density at radius 3 is 1.00 bits per heavy atom. The highest BCUT2D eigenvalue weighted by Gasteiger charge is 2.46. The van der Waals surface area contributed by atoms with Crippen LogP contribution in [0.4, 0.5) is 0 Å². The van der Waals surface area contributed by atoms with E-state index in [0.717, 1.165) is 12.3 Å². The Labute approximate surface area is 231 Å². The first-order chi connectivity index (χ1) is 17.8. The van der Waals surface area contributed by atoms with Crippen LogP contribution in [0.15, 0.2) is 121 Å². The molecule has 4 aromatic rings. The Bertz CT molecular complexity index is 1220. The largest absolute Gasteiger partial charge is 0.344 e. The van der Waals surface area contributed by atoms with Crippen molar-refractivity contribution < 1.29 is 9.47 Å². The number of hydrogen-bond donors (Lipinski definition) is 0. The van der Waals surface area contributed by atoms with Gasteiger partial charge in [-0.05, 0) is 35.1 Å². The quantitative estimate of drug-likeness (QED) is 0.254. The van der Waals surface area contributed by atoms with Gasteiger partial charge in [0, 0.05) is 24.4 Å². The van der Waals surface area contributed by atoms with Gasteiger partial charge >= 0.3 is 0 Å². The van der Waals surface area contributed by atoms with E-state index in [1.54, 1.807) is 0 Å². The van der Waals surface area contributed by atoms with Gasteiger partial charge in [-0.3, -0.25) is 0 Å². The van der Waals surface area contributed by atoms with Crippen LogP contribution in [0.1, 0.15) is 13.8 Å². The average Bonchev–Trinajstić information content (AvgIpc) is 3.22. The molecule has 0 N–H and O–H groups in total. The van der Waals surface area contributed by atoms with Crippen LogP contribution < -0.4 is 21.2 Å². The lowest BCUT2D eigenvalue weighted by atomic mass is 10.3. The minimum absolute atomic E-state index is 0.156. The number of benzene rings is 4. The Balaban J connectivity index is 1.55. The van der Waals surface area contributed by atoms with Gasteiger partial charge in [-0.2, -0.15) is 0 Å². The van der Waals surface area contributed by atoms with Crippen LogP contribution in [0.2, 0.25) is 0 Å². The second-order valence-electron chi connectivity index (χ2n) is 9.90. The second-order valence-corrected chi connectivity index (χ2v) is 19.4. The van der Waals surface area contributed by atoms with E-state index in [2.05, 4.69) is 97.1 Å². The van der Waals surface area contributed by atoms with Crippen molar-refractivity contribution in [1.29, 1.82) is 0 Å². The van der Waals surface area contributed by atoms with Crippen molar-refractivity contribution in [2.45, 2.75) is 31.8 Å². The van der Waals surface area contributed by atoms with E-state index in [9.17, 15) is 0 Å². The highest BCUT2D eigenvalue weighted by molar-refractivity contribution is 8.22. The summed E-state index contributed by atoms with van der Waals surface area (Å²) in [7, 11) is 0. The van der Waals surface area contributed by atoms with Crippen LogP contribution in [-0.2, 0) is 33.1 Å². The fourth-order valence-corrected chi connectivity index (χ4v) is 13.1. The summed E-state index contributed by atoms with van der Waals surface area (Å²) in [5.41, 5.74) is 0. The third kappa shape index (κ3) is 5.76. The van der Waals surface area contributed by atoms with Crippen molar-refractivity contribution in [2.24, 2.45) is 0 Å². The summed E-state index contributed by atoms with van der Waals surface area (Å²) in [5.74, 6) is -0.698. The topological polar surface area (TPSA) is 18.5 Å². The molecule has 37 heavy (non-hydrogen) atoms. The highest BCUT2D eigenvalue weighted by Crippen LogP contribution is 2.51. The summed E-state index contributed by atoms with van der Waals surface area (Å²) in [6, 6.07) is 37.8. The highest BCUT2D eigenvalue weighted by atomic mass is 32.4. The molecular weight excluding hydrogens is 530 g/mol. The lowest BCUT2D eigenvalue weighted by Crippen LogP contribution is -2.35. The number of hydrogen-bond acceptors (Lipinski definition) is 4. The van der Waals surface area contributed by atoms with E-state index in [0.29, 0.717) is 0 Å². The molecule has 5 rings (SSSR count). The monoisotopic (exact) mass is 562 g/mol. The molecule has 0 aromatic heterocycles. The SMILES string of the molecule is CC1(C)O[C@@H](CP(=S)(c2ccccc2)c2ccccc2)[C@H](CP(=S)(c2ccccc2)c2ccccc2)O1. The Morgan fingerprint density at radius 1 is 0.514 bits per heavy atom. The van der Waals surface area contributed by atoms with E-state index in [4.69, 9.17) is 33.1 Å². The maximum atomic E-state index is 6.63. The molecule has 0 unspecified atom stereocenters. The minimum Gasteiger partial charge on any atom is -0.344 e. The first-order valence-electron chi connectivity index (χ1n) is 12.6. The van der Waals surface area contributed by atoms with Crippen molar-refractivity contribution in [3.8, 4) is 0 Å². The predicted octanol–water partition coefficient (Wildman–Crippen LogP) is 5.77. The zero-order chi connectivity index (χ0) is 25.9. The molecular formula is C31H32O2P2S2. The summed E-state index contributed by atoms with van der Waals surface area (Å²) < 4.78 is 13.3. The summed E-state index contributed by atoms with van der Waals surface area (Å²) >= 11 is 13.2. The summed E-state index contributed by atoms with van der Waals surface area (Å²) in [6.45, 7) is 4.01. The molecule has 4 aromatic carbocycles. The van der Waals surface area contributed by atoms with E-state index < -0.39 is 17.9 Å².